The maximum absolute atomic E-state index is 12.7. The first-order valence-electron chi connectivity index (χ1n) is 9.46. The van der Waals surface area contributed by atoms with Gasteiger partial charge in [0.05, 0.1) is 17.1 Å². The van der Waals surface area contributed by atoms with Crippen LogP contribution in [0.4, 0.5) is 0 Å². The van der Waals surface area contributed by atoms with Crippen molar-refractivity contribution in [1.82, 2.24) is 24.8 Å². The molecule has 1 aliphatic rings. The van der Waals surface area contributed by atoms with Crippen LogP contribution in [0.1, 0.15) is 42.3 Å². The number of carbonyl (C=O) groups is 1. The molecule has 0 spiro atoms. The van der Waals surface area contributed by atoms with Gasteiger partial charge in [0.2, 0.25) is 5.91 Å². The SMILES string of the molecule is Cc1noc(C)c1CCC(=O)NCCn1nc(-c2cccs2)n(C2CC2)c1=O. The summed E-state index contributed by atoms with van der Waals surface area (Å²) < 4.78 is 8.38. The van der Waals surface area contributed by atoms with Gasteiger partial charge in [0.15, 0.2) is 5.82 Å². The molecule has 1 fully saturated rings. The Bertz CT molecular complexity index is 1010. The second kappa shape index (κ2) is 7.75. The molecule has 0 bridgehead atoms. The predicted molar refractivity (Wildman–Crippen MR) is 105 cm³/mol. The number of nitrogens with one attached hydrogen (secondary N) is 1. The van der Waals surface area contributed by atoms with Crippen LogP contribution in [0.2, 0.25) is 0 Å². The van der Waals surface area contributed by atoms with E-state index in [4.69, 9.17) is 4.52 Å². The second-order valence-electron chi connectivity index (χ2n) is 7.06. The van der Waals surface area contributed by atoms with Crippen molar-refractivity contribution in [1.29, 1.82) is 0 Å². The van der Waals surface area contributed by atoms with Crippen molar-refractivity contribution in [2.75, 3.05) is 6.54 Å². The lowest BCUT2D eigenvalue weighted by atomic mass is 10.1. The fourth-order valence-corrected chi connectivity index (χ4v) is 3.99. The van der Waals surface area contributed by atoms with Crippen LogP contribution in [0.25, 0.3) is 10.7 Å². The molecule has 8 nitrogen and oxygen atoms in total. The van der Waals surface area contributed by atoms with Gasteiger partial charge in [-0.05, 0) is 44.6 Å². The first-order valence-corrected chi connectivity index (χ1v) is 10.3. The standard InChI is InChI=1S/C19H23N5O3S/c1-12-15(13(2)27-22-12)7-8-17(25)20-9-10-23-19(26)24(14-5-6-14)18(21-23)16-4-3-11-28-16/h3-4,11,14H,5-10H2,1-2H3,(H,20,25). The Morgan fingerprint density at radius 2 is 2.21 bits per heavy atom. The lowest BCUT2D eigenvalue weighted by Gasteiger charge is -2.05. The Morgan fingerprint density at radius 1 is 1.39 bits per heavy atom. The van der Waals surface area contributed by atoms with Gasteiger partial charge in [0.25, 0.3) is 0 Å². The van der Waals surface area contributed by atoms with E-state index in [1.54, 1.807) is 15.9 Å². The van der Waals surface area contributed by atoms with E-state index < -0.39 is 0 Å². The van der Waals surface area contributed by atoms with Crippen LogP contribution in [0.15, 0.2) is 26.8 Å². The maximum Gasteiger partial charge on any atom is 0.346 e. The molecular weight excluding hydrogens is 378 g/mol. The summed E-state index contributed by atoms with van der Waals surface area (Å²) in [4.78, 5) is 25.9. The van der Waals surface area contributed by atoms with Crippen molar-refractivity contribution in [3.8, 4) is 10.7 Å². The number of carbonyl (C=O) groups excluding carboxylic acids is 1. The lowest BCUT2D eigenvalue weighted by Crippen LogP contribution is -2.32. The van der Waals surface area contributed by atoms with Gasteiger partial charge in [-0.15, -0.1) is 16.4 Å². The highest BCUT2D eigenvalue weighted by atomic mass is 32.1. The van der Waals surface area contributed by atoms with Gasteiger partial charge >= 0.3 is 5.69 Å². The predicted octanol–water partition coefficient (Wildman–Crippen LogP) is 2.46. The molecule has 1 N–H and O–H groups in total. The zero-order valence-corrected chi connectivity index (χ0v) is 16.8. The van der Waals surface area contributed by atoms with Crippen molar-refractivity contribution in [2.24, 2.45) is 0 Å². The zero-order valence-electron chi connectivity index (χ0n) is 16.0. The quantitative estimate of drug-likeness (QED) is 0.626. The minimum Gasteiger partial charge on any atom is -0.361 e. The van der Waals surface area contributed by atoms with Crippen molar-refractivity contribution in [3.05, 3.63) is 45.0 Å². The van der Waals surface area contributed by atoms with Crippen molar-refractivity contribution in [2.45, 2.75) is 52.1 Å². The fourth-order valence-electron chi connectivity index (χ4n) is 3.29. The molecule has 148 valence electrons. The van der Waals surface area contributed by atoms with Gasteiger partial charge in [-0.1, -0.05) is 11.2 Å². The topological polar surface area (TPSA) is 94.9 Å². The van der Waals surface area contributed by atoms with E-state index in [-0.39, 0.29) is 17.6 Å². The molecule has 0 saturated heterocycles. The van der Waals surface area contributed by atoms with E-state index in [1.165, 1.54) is 4.68 Å². The van der Waals surface area contributed by atoms with Crippen LogP contribution >= 0.6 is 11.3 Å². The molecule has 1 aliphatic carbocycles. The molecule has 28 heavy (non-hydrogen) atoms. The van der Waals surface area contributed by atoms with Crippen LogP contribution in [-0.2, 0) is 17.8 Å². The molecule has 1 saturated carbocycles. The van der Waals surface area contributed by atoms with E-state index in [0.29, 0.717) is 25.9 Å². The molecule has 1 amide bonds. The summed E-state index contributed by atoms with van der Waals surface area (Å²) in [6.45, 7) is 4.44. The maximum atomic E-state index is 12.7. The highest BCUT2D eigenvalue weighted by Crippen LogP contribution is 2.37. The Balaban J connectivity index is 1.36. The van der Waals surface area contributed by atoms with Crippen LogP contribution in [0.3, 0.4) is 0 Å². The van der Waals surface area contributed by atoms with Crippen molar-refractivity contribution < 1.29 is 9.32 Å². The summed E-state index contributed by atoms with van der Waals surface area (Å²) in [5, 5.41) is 13.3. The minimum absolute atomic E-state index is 0.0619. The number of hydrogen-bond donors (Lipinski definition) is 1. The van der Waals surface area contributed by atoms with E-state index in [9.17, 15) is 9.59 Å². The summed E-state index contributed by atoms with van der Waals surface area (Å²) in [7, 11) is 0. The molecule has 0 radical (unpaired) electrons. The highest BCUT2D eigenvalue weighted by molar-refractivity contribution is 7.13. The molecule has 4 rings (SSSR count). The van der Waals surface area contributed by atoms with E-state index >= 15 is 0 Å². The summed E-state index contributed by atoms with van der Waals surface area (Å²) >= 11 is 1.58. The largest absolute Gasteiger partial charge is 0.361 e. The Morgan fingerprint density at radius 3 is 2.86 bits per heavy atom. The van der Waals surface area contributed by atoms with Gasteiger partial charge in [-0.3, -0.25) is 9.36 Å². The molecule has 0 unspecified atom stereocenters. The number of amides is 1. The van der Waals surface area contributed by atoms with Crippen molar-refractivity contribution >= 4 is 17.2 Å². The average molecular weight is 401 g/mol. The zero-order chi connectivity index (χ0) is 19.7. The minimum atomic E-state index is -0.101. The molecule has 3 aromatic heterocycles. The Kier molecular flexibility index (Phi) is 5.17. The first-order chi connectivity index (χ1) is 13.5. The average Bonchev–Trinajstić information content (AvgIpc) is 3.10. The third-order valence-corrected chi connectivity index (χ3v) is 5.82. The molecule has 0 atom stereocenters. The van der Waals surface area contributed by atoms with Crippen molar-refractivity contribution in [3.63, 3.8) is 0 Å². The summed E-state index contributed by atoms with van der Waals surface area (Å²) in [5.74, 6) is 1.42. The van der Waals surface area contributed by atoms with Crippen LogP contribution in [-0.4, -0.2) is 32.0 Å². The smallest absolute Gasteiger partial charge is 0.346 e. The summed E-state index contributed by atoms with van der Waals surface area (Å²) in [5.41, 5.74) is 1.70. The molecular formula is C19H23N5O3S. The van der Waals surface area contributed by atoms with Crippen LogP contribution in [0.5, 0.6) is 0 Å². The number of rotatable bonds is 8. The molecule has 3 heterocycles. The van der Waals surface area contributed by atoms with E-state index in [1.807, 2.05) is 31.4 Å². The third-order valence-electron chi connectivity index (χ3n) is 4.95. The number of thiophene rings is 1. The molecule has 0 aliphatic heterocycles. The van der Waals surface area contributed by atoms with Gasteiger partial charge in [0.1, 0.15) is 5.76 Å². The molecule has 9 heteroatoms. The Labute approximate surface area is 166 Å². The van der Waals surface area contributed by atoms with E-state index in [2.05, 4.69) is 15.6 Å². The van der Waals surface area contributed by atoms with Gasteiger partial charge in [0, 0.05) is 24.6 Å². The Hall–Kier alpha value is -2.68. The van der Waals surface area contributed by atoms with Crippen LogP contribution < -0.4 is 11.0 Å². The number of aromatic nitrogens is 4. The molecule has 0 aromatic carbocycles. The normalized spacial score (nSPS) is 13.8. The van der Waals surface area contributed by atoms with Gasteiger partial charge in [-0.25, -0.2) is 9.48 Å². The fraction of sp³-hybridized carbons (Fsp3) is 0.474. The first kappa shape index (κ1) is 18.7. The summed E-state index contributed by atoms with van der Waals surface area (Å²) in [6.07, 6.45) is 2.98. The van der Waals surface area contributed by atoms with E-state index in [0.717, 1.165) is 40.6 Å². The number of hydrogen-bond acceptors (Lipinski definition) is 6. The monoisotopic (exact) mass is 401 g/mol. The van der Waals surface area contributed by atoms with Crippen LogP contribution in [0, 0.1) is 13.8 Å². The second-order valence-corrected chi connectivity index (χ2v) is 8.01. The third kappa shape index (κ3) is 3.80. The lowest BCUT2D eigenvalue weighted by molar-refractivity contribution is -0.121. The van der Waals surface area contributed by atoms with Gasteiger partial charge < -0.3 is 9.84 Å². The highest BCUT2D eigenvalue weighted by Gasteiger charge is 2.30. The van der Waals surface area contributed by atoms with Gasteiger partial charge in [-0.2, -0.15) is 0 Å². The summed E-state index contributed by atoms with van der Waals surface area (Å²) in [6, 6.07) is 4.19. The molecule has 3 aromatic rings. The number of nitrogens with zero attached hydrogens (tertiary/aromatic N) is 4. The number of aryl methyl sites for hydroxylation is 2.